The van der Waals surface area contributed by atoms with Crippen molar-refractivity contribution in [3.8, 4) is 0 Å². The summed E-state index contributed by atoms with van der Waals surface area (Å²) in [6.07, 6.45) is 3.08. The first kappa shape index (κ1) is 18.6. The van der Waals surface area contributed by atoms with E-state index in [2.05, 4.69) is 9.62 Å². The first-order valence-electron chi connectivity index (χ1n) is 7.67. The number of hydrogen-bond acceptors (Lipinski definition) is 4. The molecule has 1 heterocycles. The topological polar surface area (TPSA) is 69.6 Å². The number of hydrogen-bond donors (Lipinski definition) is 2. The maximum Gasteiger partial charge on any atom is 0.215 e. The molecule has 2 rings (SSSR count). The maximum absolute atomic E-state index is 13.2. The largest absolute Gasteiger partial charge is 0.395 e. The van der Waals surface area contributed by atoms with E-state index in [9.17, 15) is 17.9 Å². The van der Waals surface area contributed by atoms with Crippen LogP contribution in [0, 0.1) is 5.82 Å². The average Bonchev–Trinajstić information content (AvgIpc) is 2.51. The van der Waals surface area contributed by atoms with Crippen LogP contribution in [0.4, 0.5) is 4.39 Å². The van der Waals surface area contributed by atoms with Gasteiger partial charge in [0, 0.05) is 24.2 Å². The van der Waals surface area contributed by atoms with Crippen LogP contribution in [-0.4, -0.2) is 50.7 Å². The molecule has 0 spiro atoms. The lowest BCUT2D eigenvalue weighted by atomic mass is 10.0. The monoisotopic (exact) mass is 364 g/mol. The minimum atomic E-state index is -3.59. The van der Waals surface area contributed by atoms with E-state index in [-0.39, 0.29) is 35.5 Å². The normalized spacial score (nSPS) is 19.9. The number of halogens is 2. The molecule has 1 atom stereocenters. The molecule has 1 aromatic rings. The summed E-state index contributed by atoms with van der Waals surface area (Å²) in [5, 5.41) is 9.57. The van der Waals surface area contributed by atoms with Gasteiger partial charge in [-0.15, -0.1) is 0 Å². The second-order valence-electron chi connectivity index (χ2n) is 5.76. The van der Waals surface area contributed by atoms with Crippen molar-refractivity contribution in [1.82, 2.24) is 9.62 Å². The summed E-state index contributed by atoms with van der Waals surface area (Å²) in [4.78, 5) is 2.10. The van der Waals surface area contributed by atoms with Crippen LogP contribution < -0.4 is 4.72 Å². The quantitative estimate of drug-likeness (QED) is 0.773. The van der Waals surface area contributed by atoms with Gasteiger partial charge in [-0.1, -0.05) is 18.0 Å². The lowest BCUT2D eigenvalue weighted by Gasteiger charge is -2.34. The van der Waals surface area contributed by atoms with Crippen molar-refractivity contribution in [2.24, 2.45) is 0 Å². The molecular weight excluding hydrogens is 343 g/mol. The number of sulfonamides is 1. The molecule has 1 aliphatic heterocycles. The van der Waals surface area contributed by atoms with E-state index in [0.29, 0.717) is 6.54 Å². The Morgan fingerprint density at radius 3 is 2.91 bits per heavy atom. The van der Waals surface area contributed by atoms with Crippen molar-refractivity contribution in [2.75, 3.05) is 26.2 Å². The highest BCUT2D eigenvalue weighted by Gasteiger charge is 2.22. The standard InChI is InChI=1S/C15H22ClFN2O3S/c16-15-5-4-13(17)9-12(15)11-23(21,22)18-6-8-19-7-2-1-3-14(19)10-20/h4-5,9,14,18,20H,1-3,6-8,10-11H2. The van der Waals surface area contributed by atoms with Gasteiger partial charge in [0.05, 0.1) is 12.4 Å². The molecule has 1 saturated heterocycles. The highest BCUT2D eigenvalue weighted by molar-refractivity contribution is 7.88. The van der Waals surface area contributed by atoms with Crippen molar-refractivity contribution >= 4 is 21.6 Å². The Kier molecular flexibility index (Phi) is 6.79. The zero-order valence-electron chi connectivity index (χ0n) is 12.8. The van der Waals surface area contributed by atoms with Crippen molar-refractivity contribution < 1.29 is 17.9 Å². The third-order valence-electron chi connectivity index (χ3n) is 4.03. The molecule has 1 fully saturated rings. The van der Waals surface area contributed by atoms with Crippen molar-refractivity contribution in [3.63, 3.8) is 0 Å². The molecule has 1 aliphatic rings. The molecule has 0 amide bonds. The molecule has 130 valence electrons. The predicted molar refractivity (Wildman–Crippen MR) is 88.3 cm³/mol. The Balaban J connectivity index is 1.87. The van der Waals surface area contributed by atoms with Crippen LogP contribution >= 0.6 is 11.6 Å². The van der Waals surface area contributed by atoms with E-state index >= 15 is 0 Å². The number of aliphatic hydroxyl groups is 1. The van der Waals surface area contributed by atoms with Gasteiger partial charge >= 0.3 is 0 Å². The molecule has 8 heteroatoms. The van der Waals surface area contributed by atoms with E-state index in [4.69, 9.17) is 11.6 Å². The van der Waals surface area contributed by atoms with Gasteiger partial charge in [0.1, 0.15) is 5.82 Å². The summed E-state index contributed by atoms with van der Waals surface area (Å²) in [6, 6.07) is 3.78. The zero-order valence-corrected chi connectivity index (χ0v) is 14.4. The lowest BCUT2D eigenvalue weighted by Crippen LogP contribution is -2.45. The number of piperidine rings is 1. The number of nitrogens with zero attached hydrogens (tertiary/aromatic N) is 1. The van der Waals surface area contributed by atoms with Gasteiger partial charge < -0.3 is 5.11 Å². The summed E-state index contributed by atoms with van der Waals surface area (Å²) in [5.41, 5.74) is 0.241. The first-order valence-corrected chi connectivity index (χ1v) is 9.70. The number of rotatable bonds is 7. The number of nitrogens with one attached hydrogen (secondary N) is 1. The first-order chi connectivity index (χ1) is 10.9. The minimum absolute atomic E-state index is 0.0889. The second kappa shape index (κ2) is 8.39. The van der Waals surface area contributed by atoms with Gasteiger partial charge in [0.25, 0.3) is 0 Å². The highest BCUT2D eigenvalue weighted by atomic mass is 35.5. The number of likely N-dealkylation sites (tertiary alicyclic amines) is 1. The van der Waals surface area contributed by atoms with Gasteiger partial charge in [-0.05, 0) is 43.1 Å². The van der Waals surface area contributed by atoms with E-state index in [0.717, 1.165) is 31.9 Å². The molecule has 0 aliphatic carbocycles. The Morgan fingerprint density at radius 1 is 1.39 bits per heavy atom. The van der Waals surface area contributed by atoms with Crippen LogP contribution in [0.3, 0.4) is 0 Å². The summed E-state index contributed by atoms with van der Waals surface area (Å²) in [5.74, 6) is -0.869. The Morgan fingerprint density at radius 2 is 2.17 bits per heavy atom. The third kappa shape index (κ3) is 5.69. The van der Waals surface area contributed by atoms with Crippen molar-refractivity contribution in [2.45, 2.75) is 31.1 Å². The minimum Gasteiger partial charge on any atom is -0.395 e. The molecule has 5 nitrogen and oxygen atoms in total. The average molecular weight is 365 g/mol. The highest BCUT2D eigenvalue weighted by Crippen LogP contribution is 2.19. The lowest BCUT2D eigenvalue weighted by molar-refractivity contribution is 0.0923. The van der Waals surface area contributed by atoms with Crippen LogP contribution in [0.15, 0.2) is 18.2 Å². The molecule has 1 aromatic carbocycles. The van der Waals surface area contributed by atoms with E-state index in [1.54, 1.807) is 0 Å². The maximum atomic E-state index is 13.2. The van der Waals surface area contributed by atoms with Gasteiger partial charge in [-0.25, -0.2) is 17.5 Å². The van der Waals surface area contributed by atoms with Gasteiger partial charge in [0.15, 0.2) is 0 Å². The van der Waals surface area contributed by atoms with Gasteiger partial charge in [-0.3, -0.25) is 4.90 Å². The Bertz CT molecular complexity index is 627. The molecule has 2 N–H and O–H groups in total. The van der Waals surface area contributed by atoms with Crippen LogP contribution in [-0.2, 0) is 15.8 Å². The fourth-order valence-corrected chi connectivity index (χ4v) is 4.23. The van der Waals surface area contributed by atoms with E-state index < -0.39 is 15.8 Å². The summed E-state index contributed by atoms with van der Waals surface area (Å²) < 4.78 is 39.9. The summed E-state index contributed by atoms with van der Waals surface area (Å²) in [7, 11) is -3.59. The third-order valence-corrected chi connectivity index (χ3v) is 5.74. The molecule has 0 aromatic heterocycles. The van der Waals surface area contributed by atoms with Gasteiger partial charge in [0.2, 0.25) is 10.0 Å². The van der Waals surface area contributed by atoms with Crippen molar-refractivity contribution in [3.05, 3.63) is 34.6 Å². The zero-order chi connectivity index (χ0) is 16.9. The fourth-order valence-electron chi connectivity index (χ4n) is 2.82. The Hall–Kier alpha value is -0.730. The van der Waals surface area contributed by atoms with Crippen molar-refractivity contribution in [1.29, 1.82) is 0 Å². The predicted octanol–water partition coefficient (Wildman–Crippen LogP) is 1.75. The van der Waals surface area contributed by atoms with Crippen LogP contribution in [0.2, 0.25) is 5.02 Å². The summed E-state index contributed by atoms with van der Waals surface area (Å²) >= 11 is 5.90. The number of aliphatic hydroxyl groups excluding tert-OH is 1. The number of benzene rings is 1. The molecule has 0 bridgehead atoms. The van der Waals surface area contributed by atoms with Crippen LogP contribution in [0.1, 0.15) is 24.8 Å². The fraction of sp³-hybridized carbons (Fsp3) is 0.600. The molecule has 23 heavy (non-hydrogen) atoms. The molecule has 1 unspecified atom stereocenters. The SMILES string of the molecule is O=S(=O)(Cc1cc(F)ccc1Cl)NCCN1CCCCC1CO. The van der Waals surface area contributed by atoms with Crippen LogP contribution in [0.5, 0.6) is 0 Å². The molecular formula is C15H22ClFN2O3S. The smallest absolute Gasteiger partial charge is 0.215 e. The van der Waals surface area contributed by atoms with Gasteiger partial charge in [-0.2, -0.15) is 0 Å². The van der Waals surface area contributed by atoms with E-state index in [1.807, 2.05) is 0 Å². The summed E-state index contributed by atoms with van der Waals surface area (Å²) in [6.45, 7) is 1.75. The van der Waals surface area contributed by atoms with Crippen LogP contribution in [0.25, 0.3) is 0 Å². The Labute approximate surface area is 141 Å². The van der Waals surface area contributed by atoms with E-state index in [1.165, 1.54) is 12.1 Å². The second-order valence-corrected chi connectivity index (χ2v) is 7.97. The molecule has 0 radical (unpaired) electrons. The molecule has 0 saturated carbocycles.